The fourth-order valence-corrected chi connectivity index (χ4v) is 2.24. The van der Waals surface area contributed by atoms with Crippen molar-refractivity contribution in [2.24, 2.45) is 5.41 Å². The van der Waals surface area contributed by atoms with Gasteiger partial charge in [0.05, 0.1) is 5.41 Å². The van der Waals surface area contributed by atoms with Gasteiger partial charge in [-0.2, -0.15) is 0 Å². The molecule has 1 saturated carbocycles. The molecule has 0 aromatic heterocycles. The zero-order valence-corrected chi connectivity index (χ0v) is 9.22. The van der Waals surface area contributed by atoms with Gasteiger partial charge in [-0.3, -0.25) is 4.79 Å². The number of hydrogen-bond donors (Lipinski definition) is 1. The maximum absolute atomic E-state index is 11.0. The van der Waals surface area contributed by atoms with Crippen molar-refractivity contribution < 1.29 is 9.90 Å². The molecule has 1 rings (SSSR count). The monoisotopic (exact) mass is 198 g/mol. The molecule has 0 aromatic carbocycles. The number of carboxylic acid groups (broad SMARTS) is 1. The number of carboxylic acids is 1. The topological polar surface area (TPSA) is 37.3 Å². The fourth-order valence-electron chi connectivity index (χ4n) is 2.24. The van der Waals surface area contributed by atoms with Gasteiger partial charge in [-0.25, -0.2) is 0 Å². The predicted molar refractivity (Wildman–Crippen MR) is 57.3 cm³/mol. The van der Waals surface area contributed by atoms with Crippen molar-refractivity contribution in [2.75, 3.05) is 0 Å². The summed E-state index contributed by atoms with van der Waals surface area (Å²) < 4.78 is 0. The Kier molecular flexibility index (Phi) is 4.43. The number of aliphatic carboxylic acids is 1. The molecule has 0 aliphatic heterocycles. The summed E-state index contributed by atoms with van der Waals surface area (Å²) >= 11 is 0. The first-order valence-corrected chi connectivity index (χ1v) is 5.95. The summed E-state index contributed by atoms with van der Waals surface area (Å²) in [6.45, 7) is 2.20. The van der Waals surface area contributed by atoms with Gasteiger partial charge in [-0.15, -0.1) is 0 Å². The Morgan fingerprint density at radius 1 is 1.21 bits per heavy atom. The molecular weight excluding hydrogens is 176 g/mol. The molecule has 1 aliphatic rings. The predicted octanol–water partition coefficient (Wildman–Crippen LogP) is 3.60. The van der Waals surface area contributed by atoms with Crippen molar-refractivity contribution in [3.05, 3.63) is 0 Å². The highest BCUT2D eigenvalue weighted by Crippen LogP contribution is 2.45. The Hall–Kier alpha value is -0.530. The van der Waals surface area contributed by atoms with E-state index in [4.69, 9.17) is 5.11 Å². The summed E-state index contributed by atoms with van der Waals surface area (Å²) in [5.41, 5.74) is -0.313. The smallest absolute Gasteiger partial charge is 0.309 e. The van der Waals surface area contributed by atoms with Crippen LogP contribution in [0.15, 0.2) is 0 Å². The second-order valence-corrected chi connectivity index (χ2v) is 4.60. The minimum Gasteiger partial charge on any atom is -0.481 e. The van der Waals surface area contributed by atoms with Crippen LogP contribution >= 0.6 is 0 Å². The summed E-state index contributed by atoms with van der Waals surface area (Å²) in [6, 6.07) is 0. The second kappa shape index (κ2) is 5.38. The van der Waals surface area contributed by atoms with Crippen LogP contribution in [0.25, 0.3) is 0 Å². The molecule has 0 bridgehead atoms. The molecule has 0 spiro atoms. The van der Waals surface area contributed by atoms with Crippen LogP contribution in [0.5, 0.6) is 0 Å². The van der Waals surface area contributed by atoms with Gasteiger partial charge in [0.2, 0.25) is 0 Å². The average molecular weight is 198 g/mol. The van der Waals surface area contributed by atoms with Crippen LogP contribution in [0.2, 0.25) is 0 Å². The molecule has 0 atom stereocenters. The minimum atomic E-state index is -0.556. The van der Waals surface area contributed by atoms with Crippen molar-refractivity contribution in [3.8, 4) is 0 Å². The van der Waals surface area contributed by atoms with E-state index < -0.39 is 5.97 Å². The van der Waals surface area contributed by atoms with Crippen molar-refractivity contribution >= 4 is 5.97 Å². The van der Waals surface area contributed by atoms with Crippen molar-refractivity contribution in [1.29, 1.82) is 0 Å². The van der Waals surface area contributed by atoms with Gasteiger partial charge in [0, 0.05) is 0 Å². The maximum Gasteiger partial charge on any atom is 0.309 e. The molecule has 1 N–H and O–H groups in total. The van der Waals surface area contributed by atoms with E-state index in [1.807, 2.05) is 0 Å². The SMILES string of the molecule is CCCCCCCC1(C(=O)O)CCC1. The zero-order chi connectivity index (χ0) is 10.4. The molecule has 0 aromatic rings. The third kappa shape index (κ3) is 2.73. The molecule has 14 heavy (non-hydrogen) atoms. The van der Waals surface area contributed by atoms with E-state index in [9.17, 15) is 4.79 Å². The Labute approximate surface area is 86.7 Å². The van der Waals surface area contributed by atoms with Gasteiger partial charge in [-0.1, -0.05) is 45.4 Å². The van der Waals surface area contributed by atoms with E-state index in [2.05, 4.69) is 6.92 Å². The van der Waals surface area contributed by atoms with Crippen LogP contribution < -0.4 is 0 Å². The molecule has 2 heteroatoms. The Morgan fingerprint density at radius 3 is 2.29 bits per heavy atom. The first-order chi connectivity index (χ1) is 6.71. The lowest BCUT2D eigenvalue weighted by Gasteiger charge is -2.37. The third-order valence-corrected chi connectivity index (χ3v) is 3.52. The first kappa shape index (κ1) is 11.5. The molecule has 0 unspecified atom stereocenters. The summed E-state index contributed by atoms with van der Waals surface area (Å²) in [7, 11) is 0. The standard InChI is InChI=1S/C12H22O2/c1-2-3-4-5-6-8-12(11(13)14)9-7-10-12/h2-10H2,1H3,(H,13,14). The molecular formula is C12H22O2. The van der Waals surface area contributed by atoms with Crippen LogP contribution in [-0.2, 0) is 4.79 Å². The van der Waals surface area contributed by atoms with E-state index in [0.29, 0.717) is 0 Å². The van der Waals surface area contributed by atoms with E-state index in [-0.39, 0.29) is 5.41 Å². The number of carbonyl (C=O) groups is 1. The highest BCUT2D eigenvalue weighted by molar-refractivity contribution is 5.75. The summed E-state index contributed by atoms with van der Waals surface area (Å²) in [5.74, 6) is -0.556. The van der Waals surface area contributed by atoms with Gasteiger partial charge in [-0.05, 0) is 19.3 Å². The lowest BCUT2D eigenvalue weighted by atomic mass is 9.66. The molecule has 0 saturated heterocycles. The molecule has 1 aliphatic carbocycles. The number of hydrogen-bond acceptors (Lipinski definition) is 1. The average Bonchev–Trinajstić information content (AvgIpc) is 2.07. The molecule has 1 fully saturated rings. The van der Waals surface area contributed by atoms with Gasteiger partial charge in [0.15, 0.2) is 0 Å². The summed E-state index contributed by atoms with van der Waals surface area (Å²) in [5, 5.41) is 9.09. The Bertz CT molecular complexity index is 183. The van der Waals surface area contributed by atoms with Gasteiger partial charge < -0.3 is 5.11 Å². The van der Waals surface area contributed by atoms with Crippen LogP contribution in [0.1, 0.15) is 64.7 Å². The fraction of sp³-hybridized carbons (Fsp3) is 0.917. The Morgan fingerprint density at radius 2 is 1.86 bits per heavy atom. The van der Waals surface area contributed by atoms with E-state index in [0.717, 1.165) is 32.1 Å². The van der Waals surface area contributed by atoms with Crippen LogP contribution in [0.3, 0.4) is 0 Å². The van der Waals surface area contributed by atoms with Crippen LogP contribution in [0, 0.1) is 5.41 Å². The van der Waals surface area contributed by atoms with E-state index in [1.165, 1.54) is 25.7 Å². The lowest BCUT2D eigenvalue weighted by Crippen LogP contribution is -2.37. The molecule has 0 radical (unpaired) electrons. The van der Waals surface area contributed by atoms with Crippen molar-refractivity contribution in [2.45, 2.75) is 64.7 Å². The maximum atomic E-state index is 11.0. The van der Waals surface area contributed by atoms with Gasteiger partial charge >= 0.3 is 5.97 Å². The normalized spacial score (nSPS) is 18.9. The third-order valence-electron chi connectivity index (χ3n) is 3.52. The van der Waals surface area contributed by atoms with Gasteiger partial charge in [0.25, 0.3) is 0 Å². The molecule has 0 heterocycles. The molecule has 0 amide bonds. The van der Waals surface area contributed by atoms with Crippen LogP contribution in [-0.4, -0.2) is 11.1 Å². The van der Waals surface area contributed by atoms with Crippen LogP contribution in [0.4, 0.5) is 0 Å². The van der Waals surface area contributed by atoms with Crippen molar-refractivity contribution in [3.63, 3.8) is 0 Å². The van der Waals surface area contributed by atoms with Crippen molar-refractivity contribution in [1.82, 2.24) is 0 Å². The minimum absolute atomic E-state index is 0.313. The Balaban J connectivity index is 2.12. The lowest BCUT2D eigenvalue weighted by molar-refractivity contribution is -0.155. The van der Waals surface area contributed by atoms with Gasteiger partial charge in [0.1, 0.15) is 0 Å². The molecule has 2 nitrogen and oxygen atoms in total. The largest absolute Gasteiger partial charge is 0.481 e. The summed E-state index contributed by atoms with van der Waals surface area (Å²) in [6.07, 6.45) is 9.98. The highest BCUT2D eigenvalue weighted by Gasteiger charge is 2.43. The zero-order valence-electron chi connectivity index (χ0n) is 9.22. The van der Waals surface area contributed by atoms with E-state index in [1.54, 1.807) is 0 Å². The number of rotatable bonds is 7. The second-order valence-electron chi connectivity index (χ2n) is 4.60. The number of unbranched alkanes of at least 4 members (excludes halogenated alkanes) is 4. The quantitative estimate of drug-likeness (QED) is 0.634. The highest BCUT2D eigenvalue weighted by atomic mass is 16.4. The summed E-state index contributed by atoms with van der Waals surface area (Å²) in [4.78, 5) is 11.0. The first-order valence-electron chi connectivity index (χ1n) is 5.95. The molecule has 82 valence electrons. The van der Waals surface area contributed by atoms with E-state index >= 15 is 0 Å².